The molecule has 1 aliphatic heterocycles. The highest BCUT2D eigenvalue weighted by Gasteiger charge is 2.44. The van der Waals surface area contributed by atoms with Gasteiger partial charge in [0, 0.05) is 12.8 Å². The molecular weight excluding hydrogens is 725 g/mol. The van der Waals surface area contributed by atoms with Crippen molar-refractivity contribution in [2.45, 2.75) is 205 Å². The largest absolute Gasteiger partial charge is 0.462 e. The third kappa shape index (κ3) is 29.3. The molecule has 6 unspecified atom stereocenters. The first-order chi connectivity index (χ1) is 27.8. The molecular formula is C47H80O10. The summed E-state index contributed by atoms with van der Waals surface area (Å²) in [4.78, 5) is 25.3. The number of carbonyl (C=O) groups excluding carboxylic acids is 2. The lowest BCUT2D eigenvalue weighted by molar-refractivity contribution is -0.305. The fraction of sp³-hybridized carbons (Fsp3) is 0.745. The summed E-state index contributed by atoms with van der Waals surface area (Å²) in [7, 11) is 0. The number of carbonyl (C=O) groups is 2. The van der Waals surface area contributed by atoms with Gasteiger partial charge in [-0.2, -0.15) is 0 Å². The van der Waals surface area contributed by atoms with Crippen LogP contribution in [0.1, 0.15) is 168 Å². The van der Waals surface area contributed by atoms with Crippen LogP contribution in [-0.4, -0.2) is 89.0 Å². The molecule has 10 heteroatoms. The van der Waals surface area contributed by atoms with Crippen LogP contribution in [0.25, 0.3) is 0 Å². The maximum Gasteiger partial charge on any atom is 0.306 e. The summed E-state index contributed by atoms with van der Waals surface area (Å²) in [5.41, 5.74) is 0. The van der Waals surface area contributed by atoms with Crippen molar-refractivity contribution in [3.05, 3.63) is 60.8 Å². The topological polar surface area (TPSA) is 152 Å². The van der Waals surface area contributed by atoms with Crippen LogP contribution in [0.3, 0.4) is 0 Å². The van der Waals surface area contributed by atoms with Crippen LogP contribution in [0.5, 0.6) is 0 Å². The van der Waals surface area contributed by atoms with Crippen LogP contribution in [-0.2, 0) is 28.5 Å². The molecule has 1 fully saturated rings. The molecule has 10 nitrogen and oxygen atoms in total. The summed E-state index contributed by atoms with van der Waals surface area (Å²) >= 11 is 0. The molecule has 1 aliphatic rings. The van der Waals surface area contributed by atoms with Crippen LogP contribution in [0.15, 0.2) is 60.8 Å². The molecule has 0 aromatic rings. The predicted octanol–water partition coefficient (Wildman–Crippen LogP) is 9.44. The molecule has 1 rings (SSSR count). The van der Waals surface area contributed by atoms with Gasteiger partial charge in [0.1, 0.15) is 31.0 Å². The Bertz CT molecular complexity index is 1110. The number of aliphatic hydroxyl groups is 4. The average Bonchev–Trinajstić information content (AvgIpc) is 3.21. The second-order valence-electron chi connectivity index (χ2n) is 15.1. The highest BCUT2D eigenvalue weighted by atomic mass is 16.7. The Labute approximate surface area is 345 Å². The molecule has 1 saturated heterocycles. The van der Waals surface area contributed by atoms with E-state index in [0.717, 1.165) is 70.6 Å². The Hall–Kier alpha value is -2.60. The SMILES string of the molecule is CC/C=C\C/C=C\C/C=C\C/C=C\C/C=C\CCCCCC(=O)OC(COC(=O)CCCCCCCCCCCCCCC)COC1OC(CO)C(O)C(O)C1O. The quantitative estimate of drug-likeness (QED) is 0.0274. The molecule has 6 atom stereocenters. The molecule has 328 valence electrons. The number of aliphatic hydroxyl groups excluding tert-OH is 4. The lowest BCUT2D eigenvalue weighted by atomic mass is 9.99. The Morgan fingerprint density at radius 3 is 1.56 bits per heavy atom. The Balaban J connectivity index is 2.37. The molecule has 0 aliphatic carbocycles. The van der Waals surface area contributed by atoms with Crippen molar-refractivity contribution in [1.82, 2.24) is 0 Å². The zero-order valence-electron chi connectivity index (χ0n) is 35.6. The highest BCUT2D eigenvalue weighted by Crippen LogP contribution is 2.22. The van der Waals surface area contributed by atoms with Crippen molar-refractivity contribution in [3.63, 3.8) is 0 Å². The van der Waals surface area contributed by atoms with Gasteiger partial charge in [0.25, 0.3) is 0 Å². The van der Waals surface area contributed by atoms with Crippen molar-refractivity contribution >= 4 is 11.9 Å². The van der Waals surface area contributed by atoms with E-state index >= 15 is 0 Å². The third-order valence-electron chi connectivity index (χ3n) is 9.92. The zero-order chi connectivity index (χ0) is 41.6. The smallest absolute Gasteiger partial charge is 0.306 e. The molecule has 4 N–H and O–H groups in total. The van der Waals surface area contributed by atoms with Crippen LogP contribution in [0.2, 0.25) is 0 Å². The van der Waals surface area contributed by atoms with Crippen LogP contribution in [0.4, 0.5) is 0 Å². The molecule has 0 aromatic carbocycles. The molecule has 0 spiro atoms. The lowest BCUT2D eigenvalue weighted by Gasteiger charge is -2.39. The maximum absolute atomic E-state index is 12.8. The summed E-state index contributed by atoms with van der Waals surface area (Å²) < 4.78 is 22.1. The van der Waals surface area contributed by atoms with Gasteiger partial charge in [0.15, 0.2) is 12.4 Å². The van der Waals surface area contributed by atoms with Crippen molar-refractivity contribution in [1.29, 1.82) is 0 Å². The van der Waals surface area contributed by atoms with Gasteiger partial charge in [-0.25, -0.2) is 0 Å². The Morgan fingerprint density at radius 1 is 0.561 bits per heavy atom. The molecule has 0 aromatic heterocycles. The minimum absolute atomic E-state index is 0.190. The molecule has 1 heterocycles. The summed E-state index contributed by atoms with van der Waals surface area (Å²) in [6.45, 7) is 3.27. The van der Waals surface area contributed by atoms with E-state index in [4.69, 9.17) is 18.9 Å². The number of rotatable bonds is 36. The highest BCUT2D eigenvalue weighted by molar-refractivity contribution is 5.70. The minimum atomic E-state index is -1.60. The Kier molecular flexibility index (Phi) is 34.6. The standard InChI is InChI=1S/C47H80O10/c1-3-5-7-9-11-13-15-17-18-19-20-21-22-24-26-28-30-32-34-36-43(50)56-40(39-55-47-46(53)45(52)44(51)41(37-48)57-47)38-54-42(49)35-33-31-29-27-25-23-16-14-12-10-8-6-4-2/h5,7,11,13,17-18,20-21,24,26,40-41,44-48,51-53H,3-4,6,8-10,12,14-16,19,22-23,25,27-39H2,1-2H3/b7-5-,13-11-,18-17-,21-20-,26-24-. The third-order valence-corrected chi connectivity index (χ3v) is 9.92. The van der Waals surface area contributed by atoms with Gasteiger partial charge in [-0.15, -0.1) is 0 Å². The molecule has 0 amide bonds. The van der Waals surface area contributed by atoms with Gasteiger partial charge in [-0.05, 0) is 57.8 Å². The normalized spacial score (nSPS) is 20.8. The summed E-state index contributed by atoms with van der Waals surface area (Å²) in [5, 5.41) is 40.1. The van der Waals surface area contributed by atoms with E-state index in [1.54, 1.807) is 0 Å². The number of hydrogen-bond acceptors (Lipinski definition) is 10. The monoisotopic (exact) mass is 805 g/mol. The number of unbranched alkanes of at least 4 members (excludes halogenated alkanes) is 15. The minimum Gasteiger partial charge on any atom is -0.462 e. The van der Waals surface area contributed by atoms with E-state index in [0.29, 0.717) is 6.42 Å². The van der Waals surface area contributed by atoms with Gasteiger partial charge in [-0.3, -0.25) is 9.59 Å². The number of esters is 2. The van der Waals surface area contributed by atoms with Crippen molar-refractivity contribution in [2.75, 3.05) is 19.8 Å². The van der Waals surface area contributed by atoms with Gasteiger partial charge < -0.3 is 39.4 Å². The first kappa shape index (κ1) is 52.4. The van der Waals surface area contributed by atoms with Crippen molar-refractivity contribution < 1.29 is 49.0 Å². The zero-order valence-corrected chi connectivity index (χ0v) is 35.6. The second kappa shape index (κ2) is 37.7. The number of allylic oxidation sites excluding steroid dienone is 10. The van der Waals surface area contributed by atoms with Crippen molar-refractivity contribution in [2.24, 2.45) is 0 Å². The van der Waals surface area contributed by atoms with Crippen LogP contribution in [0, 0.1) is 0 Å². The van der Waals surface area contributed by atoms with E-state index in [2.05, 4.69) is 74.6 Å². The summed E-state index contributed by atoms with van der Waals surface area (Å²) in [5.74, 6) is -0.846. The van der Waals surface area contributed by atoms with Crippen LogP contribution >= 0.6 is 0 Å². The fourth-order valence-electron chi connectivity index (χ4n) is 6.39. The van der Waals surface area contributed by atoms with Crippen LogP contribution < -0.4 is 0 Å². The van der Waals surface area contributed by atoms with Gasteiger partial charge >= 0.3 is 11.9 Å². The Morgan fingerprint density at radius 2 is 1.04 bits per heavy atom. The number of ether oxygens (including phenoxy) is 4. The average molecular weight is 805 g/mol. The molecule has 0 radical (unpaired) electrons. The lowest BCUT2D eigenvalue weighted by Crippen LogP contribution is -2.59. The van der Waals surface area contributed by atoms with E-state index in [9.17, 15) is 30.0 Å². The van der Waals surface area contributed by atoms with E-state index in [1.807, 2.05) is 0 Å². The van der Waals surface area contributed by atoms with Gasteiger partial charge in [0.05, 0.1) is 13.2 Å². The van der Waals surface area contributed by atoms with E-state index < -0.39 is 49.4 Å². The second-order valence-corrected chi connectivity index (χ2v) is 15.1. The maximum atomic E-state index is 12.8. The molecule has 0 bridgehead atoms. The molecule has 0 saturated carbocycles. The first-order valence-corrected chi connectivity index (χ1v) is 22.4. The van der Waals surface area contributed by atoms with E-state index in [1.165, 1.54) is 64.2 Å². The molecule has 57 heavy (non-hydrogen) atoms. The van der Waals surface area contributed by atoms with Crippen molar-refractivity contribution in [3.8, 4) is 0 Å². The van der Waals surface area contributed by atoms with E-state index in [-0.39, 0.29) is 32.0 Å². The fourth-order valence-corrected chi connectivity index (χ4v) is 6.39. The first-order valence-electron chi connectivity index (χ1n) is 22.4. The summed E-state index contributed by atoms with van der Waals surface area (Å²) in [6.07, 6.45) is 37.9. The van der Waals surface area contributed by atoms with Gasteiger partial charge in [-0.1, -0.05) is 158 Å². The van der Waals surface area contributed by atoms with Gasteiger partial charge in [0.2, 0.25) is 0 Å². The summed E-state index contributed by atoms with van der Waals surface area (Å²) in [6, 6.07) is 0. The number of hydrogen-bond donors (Lipinski definition) is 4. The predicted molar refractivity (Wildman–Crippen MR) is 228 cm³/mol.